The molecule has 1 spiro atoms. The maximum Gasteiger partial charge on any atom is 0.0360 e. The highest BCUT2D eigenvalue weighted by Gasteiger charge is 2.37. The third-order valence-electron chi connectivity index (χ3n) is 4.80. The molecule has 0 bridgehead atoms. The molecule has 0 aliphatic heterocycles. The first kappa shape index (κ1) is 13.5. The zero-order valence-corrected chi connectivity index (χ0v) is 12.0. The molecule has 1 atom stereocenters. The Balaban J connectivity index is 1.63. The fourth-order valence-electron chi connectivity index (χ4n) is 3.58. The lowest BCUT2D eigenvalue weighted by Crippen LogP contribution is -2.38. The van der Waals surface area contributed by atoms with Crippen molar-refractivity contribution in [2.24, 2.45) is 5.41 Å². The van der Waals surface area contributed by atoms with Gasteiger partial charge in [-0.05, 0) is 43.9 Å². The molecule has 2 nitrogen and oxygen atoms in total. The Morgan fingerprint density at radius 3 is 2.41 bits per heavy atom. The van der Waals surface area contributed by atoms with Crippen LogP contribution < -0.4 is 5.32 Å². The van der Waals surface area contributed by atoms with Crippen LogP contribution in [0.3, 0.4) is 0 Å². The maximum atomic E-state index is 11.3. The second-order valence-corrected chi connectivity index (χ2v) is 7.73. The van der Waals surface area contributed by atoms with Crippen LogP contribution in [0.1, 0.15) is 58.3 Å². The van der Waals surface area contributed by atoms with Gasteiger partial charge in [0.25, 0.3) is 0 Å². The van der Waals surface area contributed by atoms with E-state index in [2.05, 4.69) is 5.32 Å². The number of hydrogen-bond acceptors (Lipinski definition) is 2. The smallest absolute Gasteiger partial charge is 0.0360 e. The van der Waals surface area contributed by atoms with Crippen LogP contribution in [-0.4, -0.2) is 28.3 Å². The molecule has 0 aromatic carbocycles. The Labute approximate surface area is 108 Å². The van der Waals surface area contributed by atoms with Crippen molar-refractivity contribution in [1.82, 2.24) is 5.32 Å². The molecule has 2 fully saturated rings. The molecule has 2 aliphatic rings. The van der Waals surface area contributed by atoms with Gasteiger partial charge in [-0.2, -0.15) is 0 Å². The zero-order valence-electron chi connectivity index (χ0n) is 11.2. The fraction of sp³-hybridized carbons (Fsp3) is 1.00. The normalized spacial score (nSPS) is 26.4. The lowest BCUT2D eigenvalue weighted by Gasteiger charge is -2.37. The van der Waals surface area contributed by atoms with Gasteiger partial charge in [-0.15, -0.1) is 0 Å². The second kappa shape index (κ2) is 6.33. The van der Waals surface area contributed by atoms with Crippen LogP contribution in [0.2, 0.25) is 0 Å². The monoisotopic (exact) mass is 257 g/mol. The molecule has 1 unspecified atom stereocenters. The molecular weight excluding hydrogens is 230 g/mol. The largest absolute Gasteiger partial charge is 0.313 e. The quantitative estimate of drug-likeness (QED) is 0.820. The molecule has 2 rings (SSSR count). The van der Waals surface area contributed by atoms with Crippen LogP contribution in [0, 0.1) is 5.41 Å². The third-order valence-corrected chi connectivity index (χ3v) is 6.10. The first-order chi connectivity index (χ1) is 8.24. The molecule has 3 heteroatoms. The lowest BCUT2D eigenvalue weighted by atomic mass is 9.71. The van der Waals surface area contributed by atoms with E-state index in [-0.39, 0.29) is 0 Å². The van der Waals surface area contributed by atoms with Crippen molar-refractivity contribution in [3.63, 3.8) is 0 Å². The van der Waals surface area contributed by atoms with Crippen molar-refractivity contribution >= 4 is 10.8 Å². The Morgan fingerprint density at radius 2 is 1.82 bits per heavy atom. The summed E-state index contributed by atoms with van der Waals surface area (Å²) in [5.41, 5.74) is 0.740. The average Bonchev–Trinajstić information content (AvgIpc) is 2.80. The van der Waals surface area contributed by atoms with Crippen LogP contribution >= 0.6 is 0 Å². The molecule has 1 N–H and O–H groups in total. The molecule has 100 valence electrons. The van der Waals surface area contributed by atoms with E-state index in [1.54, 1.807) is 0 Å². The summed E-state index contributed by atoms with van der Waals surface area (Å²) in [7, 11) is -0.602. The van der Waals surface area contributed by atoms with E-state index in [9.17, 15) is 4.21 Å². The summed E-state index contributed by atoms with van der Waals surface area (Å²) in [5, 5.41) is 3.60. The Kier molecular flexibility index (Phi) is 5.04. The van der Waals surface area contributed by atoms with Gasteiger partial charge in [0.2, 0.25) is 0 Å². The highest BCUT2D eigenvalue weighted by molar-refractivity contribution is 7.84. The van der Waals surface area contributed by atoms with Gasteiger partial charge in [-0.3, -0.25) is 4.21 Å². The molecule has 0 radical (unpaired) electrons. The van der Waals surface area contributed by atoms with Crippen LogP contribution in [0.25, 0.3) is 0 Å². The Morgan fingerprint density at radius 1 is 1.18 bits per heavy atom. The minimum Gasteiger partial charge on any atom is -0.313 e. The van der Waals surface area contributed by atoms with E-state index in [1.807, 2.05) is 6.92 Å². The van der Waals surface area contributed by atoms with Gasteiger partial charge in [0, 0.05) is 34.9 Å². The number of rotatable bonds is 5. The van der Waals surface area contributed by atoms with Crippen LogP contribution in [0.5, 0.6) is 0 Å². The third kappa shape index (κ3) is 3.78. The summed E-state index contributed by atoms with van der Waals surface area (Å²) in [6.45, 7) is 2.94. The van der Waals surface area contributed by atoms with Crippen molar-refractivity contribution in [3.8, 4) is 0 Å². The summed E-state index contributed by atoms with van der Waals surface area (Å²) in [5.74, 6) is 1.63. The summed E-state index contributed by atoms with van der Waals surface area (Å²) in [6, 6.07) is 0.704. The van der Waals surface area contributed by atoms with Crippen molar-refractivity contribution < 1.29 is 4.21 Å². The average molecular weight is 257 g/mol. The van der Waals surface area contributed by atoms with E-state index in [0.717, 1.165) is 23.5 Å². The standard InChI is InChI=1S/C14H27NOS/c1-2-17(16)12-11-15-13-5-9-14(10-6-13)7-3-4-8-14/h13,15H,2-12H2,1H3. The summed E-state index contributed by atoms with van der Waals surface area (Å²) >= 11 is 0. The van der Waals surface area contributed by atoms with Crippen molar-refractivity contribution in [3.05, 3.63) is 0 Å². The molecule has 0 heterocycles. The molecule has 17 heavy (non-hydrogen) atoms. The highest BCUT2D eigenvalue weighted by atomic mass is 32.2. The van der Waals surface area contributed by atoms with Gasteiger partial charge in [-0.1, -0.05) is 19.8 Å². The van der Waals surface area contributed by atoms with Gasteiger partial charge in [0.1, 0.15) is 0 Å². The van der Waals surface area contributed by atoms with Gasteiger partial charge in [0.15, 0.2) is 0 Å². The SMILES string of the molecule is CCS(=O)CCNC1CCC2(CCCC2)CC1. The minimum atomic E-state index is -0.602. The summed E-state index contributed by atoms with van der Waals surface area (Å²) in [4.78, 5) is 0. The van der Waals surface area contributed by atoms with Crippen LogP contribution in [-0.2, 0) is 10.8 Å². The lowest BCUT2D eigenvalue weighted by molar-refractivity contribution is 0.169. The Hall–Kier alpha value is 0.110. The second-order valence-electron chi connectivity index (χ2n) is 5.87. The predicted octanol–water partition coefficient (Wildman–Crippen LogP) is 2.85. The van der Waals surface area contributed by atoms with E-state index in [4.69, 9.17) is 0 Å². The van der Waals surface area contributed by atoms with Crippen molar-refractivity contribution in [2.45, 2.75) is 64.3 Å². The van der Waals surface area contributed by atoms with Gasteiger partial charge >= 0.3 is 0 Å². The summed E-state index contributed by atoms with van der Waals surface area (Å²) < 4.78 is 11.3. The Bertz CT molecular complexity index is 251. The van der Waals surface area contributed by atoms with Gasteiger partial charge in [0.05, 0.1) is 0 Å². The minimum absolute atomic E-state index is 0.602. The molecule has 0 aromatic rings. The molecule has 0 aromatic heterocycles. The zero-order chi connectivity index (χ0) is 12.1. The van der Waals surface area contributed by atoms with Gasteiger partial charge < -0.3 is 5.32 Å². The summed E-state index contributed by atoms with van der Waals surface area (Å²) in [6.07, 6.45) is 11.5. The van der Waals surface area contributed by atoms with E-state index in [0.29, 0.717) is 6.04 Å². The van der Waals surface area contributed by atoms with Crippen molar-refractivity contribution in [2.75, 3.05) is 18.1 Å². The van der Waals surface area contributed by atoms with Crippen LogP contribution in [0.4, 0.5) is 0 Å². The van der Waals surface area contributed by atoms with Crippen molar-refractivity contribution in [1.29, 1.82) is 0 Å². The topological polar surface area (TPSA) is 29.1 Å². The molecule has 0 amide bonds. The predicted molar refractivity (Wildman–Crippen MR) is 74.7 cm³/mol. The molecular formula is C14H27NOS. The fourth-order valence-corrected chi connectivity index (χ4v) is 4.21. The maximum absolute atomic E-state index is 11.3. The number of nitrogens with one attached hydrogen (secondary N) is 1. The number of hydrogen-bond donors (Lipinski definition) is 1. The first-order valence-electron chi connectivity index (χ1n) is 7.32. The molecule has 2 aliphatic carbocycles. The van der Waals surface area contributed by atoms with E-state index < -0.39 is 10.8 Å². The van der Waals surface area contributed by atoms with Crippen LogP contribution in [0.15, 0.2) is 0 Å². The molecule has 2 saturated carbocycles. The van der Waals surface area contributed by atoms with E-state index in [1.165, 1.54) is 51.4 Å². The highest BCUT2D eigenvalue weighted by Crippen LogP contribution is 2.48. The van der Waals surface area contributed by atoms with Gasteiger partial charge in [-0.25, -0.2) is 0 Å². The molecule has 0 saturated heterocycles. The van der Waals surface area contributed by atoms with E-state index >= 15 is 0 Å². The first-order valence-corrected chi connectivity index (χ1v) is 8.81.